The van der Waals surface area contributed by atoms with Crippen molar-refractivity contribution in [2.45, 2.75) is 44.4 Å². The van der Waals surface area contributed by atoms with Crippen molar-refractivity contribution in [3.8, 4) is 5.75 Å². The average molecular weight is 421 g/mol. The number of ether oxygens (including phenoxy) is 1. The maximum absolute atomic E-state index is 13.5. The van der Waals surface area contributed by atoms with Gasteiger partial charge in [-0.2, -0.15) is 0 Å². The zero-order chi connectivity index (χ0) is 22.0. The molecule has 2 atom stereocenters. The Kier molecular flexibility index (Phi) is 5.67. The topological polar surface area (TPSA) is 79.0 Å². The predicted molar refractivity (Wildman–Crippen MR) is 115 cm³/mol. The minimum atomic E-state index is -1.60. The lowest BCUT2D eigenvalue weighted by Crippen LogP contribution is -2.73. The quantitative estimate of drug-likeness (QED) is 0.725. The van der Waals surface area contributed by atoms with E-state index in [9.17, 15) is 14.4 Å². The van der Waals surface area contributed by atoms with E-state index in [-0.39, 0.29) is 24.9 Å². The molecule has 162 valence electrons. The van der Waals surface area contributed by atoms with E-state index in [0.29, 0.717) is 18.7 Å². The summed E-state index contributed by atoms with van der Waals surface area (Å²) in [6.07, 6.45) is 1.39. The van der Waals surface area contributed by atoms with Crippen molar-refractivity contribution in [1.82, 2.24) is 15.1 Å². The van der Waals surface area contributed by atoms with Crippen molar-refractivity contribution in [3.05, 3.63) is 65.7 Å². The highest BCUT2D eigenvalue weighted by molar-refractivity contribution is 6.15. The van der Waals surface area contributed by atoms with Crippen molar-refractivity contribution in [2.24, 2.45) is 0 Å². The summed E-state index contributed by atoms with van der Waals surface area (Å²) < 4.78 is 5.20. The van der Waals surface area contributed by atoms with Crippen LogP contribution in [0, 0.1) is 0 Å². The molecule has 31 heavy (non-hydrogen) atoms. The van der Waals surface area contributed by atoms with Crippen LogP contribution in [0.4, 0.5) is 0 Å². The van der Waals surface area contributed by atoms with E-state index in [1.54, 1.807) is 31.1 Å². The van der Waals surface area contributed by atoms with Gasteiger partial charge in [-0.1, -0.05) is 42.5 Å². The molecule has 2 fully saturated rings. The number of hydrogen-bond acceptors (Lipinski definition) is 4. The zero-order valence-corrected chi connectivity index (χ0v) is 17.8. The van der Waals surface area contributed by atoms with Crippen LogP contribution in [0.25, 0.3) is 0 Å². The van der Waals surface area contributed by atoms with Crippen LogP contribution in [0.5, 0.6) is 5.75 Å². The van der Waals surface area contributed by atoms with Gasteiger partial charge in [-0.3, -0.25) is 14.4 Å². The van der Waals surface area contributed by atoms with Gasteiger partial charge in [-0.05, 0) is 43.0 Å². The number of piperazine rings is 1. The molecule has 2 aliphatic heterocycles. The maximum atomic E-state index is 13.5. The van der Waals surface area contributed by atoms with Crippen molar-refractivity contribution in [3.63, 3.8) is 0 Å². The van der Waals surface area contributed by atoms with Gasteiger partial charge in [0.2, 0.25) is 5.91 Å². The van der Waals surface area contributed by atoms with Gasteiger partial charge in [0.15, 0.2) is 5.54 Å². The molecule has 0 aromatic heterocycles. The lowest BCUT2D eigenvalue weighted by molar-refractivity contribution is -0.172. The zero-order valence-electron chi connectivity index (χ0n) is 17.8. The molecule has 7 heteroatoms. The molecule has 0 aliphatic carbocycles. The Labute approximate surface area is 182 Å². The molecule has 0 saturated carbocycles. The van der Waals surface area contributed by atoms with Crippen molar-refractivity contribution in [1.29, 1.82) is 0 Å². The van der Waals surface area contributed by atoms with E-state index in [2.05, 4.69) is 5.32 Å². The van der Waals surface area contributed by atoms with Crippen molar-refractivity contribution in [2.75, 3.05) is 13.7 Å². The molecule has 0 bridgehead atoms. The Morgan fingerprint density at radius 2 is 1.81 bits per heavy atom. The molecular formula is C24H27N3O4. The van der Waals surface area contributed by atoms with Gasteiger partial charge < -0.3 is 19.9 Å². The Hall–Kier alpha value is -3.35. The summed E-state index contributed by atoms with van der Waals surface area (Å²) in [6.45, 7) is 2.53. The summed E-state index contributed by atoms with van der Waals surface area (Å²) in [5.41, 5.74) is 0.150. The van der Waals surface area contributed by atoms with Crippen LogP contribution in [0.15, 0.2) is 54.6 Å². The van der Waals surface area contributed by atoms with E-state index >= 15 is 0 Å². The Morgan fingerprint density at radius 1 is 1.10 bits per heavy atom. The number of amides is 3. The number of nitrogens with zero attached hydrogens (tertiary/aromatic N) is 2. The number of carbonyl (C=O) groups is 3. The molecule has 4 rings (SSSR count). The van der Waals surface area contributed by atoms with Crippen LogP contribution in [0.1, 0.15) is 30.9 Å². The number of hydrogen-bond donors (Lipinski definition) is 1. The molecule has 2 heterocycles. The maximum Gasteiger partial charge on any atom is 0.258 e. The Balaban J connectivity index is 1.63. The first kappa shape index (κ1) is 20.9. The summed E-state index contributed by atoms with van der Waals surface area (Å²) in [5.74, 6) is -0.248. The molecule has 1 N–H and O–H groups in total. The van der Waals surface area contributed by atoms with E-state index in [0.717, 1.165) is 17.5 Å². The van der Waals surface area contributed by atoms with E-state index in [4.69, 9.17) is 4.74 Å². The third kappa shape index (κ3) is 3.76. The molecular weight excluding hydrogens is 394 g/mol. The number of carbonyl (C=O) groups excluding carboxylic acids is 3. The van der Waals surface area contributed by atoms with Gasteiger partial charge in [0, 0.05) is 19.6 Å². The normalized spacial score (nSPS) is 23.0. The second kappa shape index (κ2) is 8.41. The molecule has 2 unspecified atom stereocenters. The summed E-state index contributed by atoms with van der Waals surface area (Å²) in [5, 5.41) is 2.87. The van der Waals surface area contributed by atoms with Crippen LogP contribution in [-0.4, -0.2) is 52.8 Å². The van der Waals surface area contributed by atoms with Gasteiger partial charge in [-0.15, -0.1) is 0 Å². The third-order valence-electron chi connectivity index (χ3n) is 6.26. The van der Waals surface area contributed by atoms with Crippen LogP contribution >= 0.6 is 0 Å². The average Bonchev–Trinajstić information content (AvgIpc) is 3.30. The van der Waals surface area contributed by atoms with Crippen LogP contribution in [-0.2, 0) is 27.5 Å². The third-order valence-corrected chi connectivity index (χ3v) is 6.26. The van der Waals surface area contributed by atoms with Crippen LogP contribution in [0.3, 0.4) is 0 Å². The minimum Gasteiger partial charge on any atom is -0.497 e. The van der Waals surface area contributed by atoms with Gasteiger partial charge in [0.1, 0.15) is 11.8 Å². The Morgan fingerprint density at radius 3 is 2.48 bits per heavy atom. The van der Waals surface area contributed by atoms with Crippen LogP contribution < -0.4 is 10.1 Å². The van der Waals surface area contributed by atoms with Gasteiger partial charge in [0.05, 0.1) is 7.11 Å². The largest absolute Gasteiger partial charge is 0.497 e. The molecule has 2 aromatic rings. The molecule has 2 aromatic carbocycles. The first-order valence-corrected chi connectivity index (χ1v) is 10.5. The number of nitrogens with one attached hydrogen (secondary N) is 1. The summed E-state index contributed by atoms with van der Waals surface area (Å²) in [7, 11) is 1.59. The fourth-order valence-corrected chi connectivity index (χ4v) is 4.38. The number of rotatable bonds is 6. The number of methoxy groups -OCH3 is 1. The second-order valence-electron chi connectivity index (χ2n) is 8.17. The van der Waals surface area contributed by atoms with Crippen molar-refractivity contribution >= 4 is 17.7 Å². The lowest BCUT2D eigenvalue weighted by atomic mass is 9.90. The van der Waals surface area contributed by atoms with E-state index in [1.807, 2.05) is 42.5 Å². The molecule has 0 radical (unpaired) electrons. The minimum absolute atomic E-state index is 0.175. The molecule has 2 saturated heterocycles. The summed E-state index contributed by atoms with van der Waals surface area (Å²) >= 11 is 0. The van der Waals surface area contributed by atoms with Crippen LogP contribution in [0.2, 0.25) is 0 Å². The fourth-order valence-electron chi connectivity index (χ4n) is 4.38. The smallest absolute Gasteiger partial charge is 0.258 e. The van der Waals surface area contributed by atoms with E-state index < -0.39 is 17.5 Å². The molecule has 3 amide bonds. The van der Waals surface area contributed by atoms with Crippen molar-refractivity contribution < 1.29 is 19.1 Å². The van der Waals surface area contributed by atoms with E-state index in [1.165, 1.54) is 4.90 Å². The summed E-state index contributed by atoms with van der Waals surface area (Å²) in [6, 6.07) is 16.3. The Bertz CT molecular complexity index is 976. The highest BCUT2D eigenvalue weighted by Crippen LogP contribution is 2.34. The lowest BCUT2D eigenvalue weighted by Gasteiger charge is -2.47. The fraction of sp³-hybridized carbons (Fsp3) is 0.375. The highest BCUT2D eigenvalue weighted by Gasteiger charge is 2.58. The summed E-state index contributed by atoms with van der Waals surface area (Å²) in [4.78, 5) is 43.3. The molecule has 2 aliphatic rings. The standard InChI is InChI=1S/C24H27N3O4/c1-24(22(29)25-15-17-7-4-3-5-8-17)23(30)26-14-6-9-20(26)21(28)27(24)16-18-10-12-19(31-2)13-11-18/h3-5,7-8,10-13,20H,6,9,14-16H2,1-2H3,(H,25,29). The monoisotopic (exact) mass is 421 g/mol. The molecule has 7 nitrogen and oxygen atoms in total. The first-order chi connectivity index (χ1) is 14.9. The van der Waals surface area contributed by atoms with Gasteiger partial charge in [0.25, 0.3) is 11.8 Å². The number of fused-ring (bicyclic) bond motifs is 1. The highest BCUT2D eigenvalue weighted by atomic mass is 16.5. The van der Waals surface area contributed by atoms with Gasteiger partial charge >= 0.3 is 0 Å². The second-order valence-corrected chi connectivity index (χ2v) is 8.17. The number of benzene rings is 2. The predicted octanol–water partition coefficient (Wildman–Crippen LogP) is 2.10. The van der Waals surface area contributed by atoms with Gasteiger partial charge in [-0.25, -0.2) is 0 Å². The SMILES string of the molecule is COc1ccc(CN2C(=O)C3CCCN3C(=O)C2(C)C(=O)NCc2ccccc2)cc1. The first-order valence-electron chi connectivity index (χ1n) is 10.5. The molecule has 0 spiro atoms.